The van der Waals surface area contributed by atoms with Crippen LogP contribution in [-0.4, -0.2) is 23.0 Å². The summed E-state index contributed by atoms with van der Waals surface area (Å²) in [6, 6.07) is 0. The third-order valence-electron chi connectivity index (χ3n) is 1.49. The van der Waals surface area contributed by atoms with Crippen LogP contribution in [0.4, 0.5) is 0 Å². The topological polar surface area (TPSA) is 108 Å². The summed E-state index contributed by atoms with van der Waals surface area (Å²) in [5.41, 5.74) is -0.561. The molecule has 1 aliphatic rings. The third-order valence-corrected chi connectivity index (χ3v) is 1.74. The van der Waals surface area contributed by atoms with Crippen molar-refractivity contribution in [2.75, 3.05) is 13.2 Å². The van der Waals surface area contributed by atoms with E-state index in [0.29, 0.717) is 12.6 Å². The fourth-order valence-corrected chi connectivity index (χ4v) is 1.00. The first-order chi connectivity index (χ1) is 7.02. The molecule has 0 amide bonds. The number of halogens is 1. The summed E-state index contributed by atoms with van der Waals surface area (Å²) in [5, 5.41) is 22.4. The summed E-state index contributed by atoms with van der Waals surface area (Å²) in [5.74, 6) is -0.111. The van der Waals surface area contributed by atoms with E-state index in [0.717, 1.165) is 0 Å². The lowest BCUT2D eigenvalue weighted by molar-refractivity contribution is -0.429. The second-order valence-corrected chi connectivity index (χ2v) is 2.86. The fourth-order valence-electron chi connectivity index (χ4n) is 0.900. The first kappa shape index (κ1) is 11.2. The quantitative estimate of drug-likeness (QED) is 0.431. The molecule has 82 valence electrons. The Kier molecular flexibility index (Phi) is 3.45. The predicted molar refractivity (Wildman–Crippen MR) is 48.9 cm³/mol. The van der Waals surface area contributed by atoms with Gasteiger partial charge in [-0.25, -0.2) is 0 Å². The maximum Gasteiger partial charge on any atom is 0.344 e. The molecule has 0 radical (unpaired) electrons. The average Bonchev–Trinajstić information content (AvgIpc) is 2.65. The van der Waals surface area contributed by atoms with Crippen LogP contribution in [0.5, 0.6) is 0 Å². The molecule has 8 nitrogen and oxygen atoms in total. The molecule has 0 atom stereocenters. The molecular weight excluding hydrogens is 230 g/mol. The standard InChI is InChI=1S/C6H6ClN3O5/c7-5(10(13)14)3-4(9(11)12)6-8-1-2-15-6/h3,8H,1-2H2/b5-3+,6-4+. The summed E-state index contributed by atoms with van der Waals surface area (Å²) >= 11 is 5.17. The third kappa shape index (κ3) is 2.81. The number of ether oxygens (including phenoxy) is 1. The maximum atomic E-state index is 10.5. The average molecular weight is 236 g/mol. The molecule has 0 unspecified atom stereocenters. The van der Waals surface area contributed by atoms with E-state index in [1.165, 1.54) is 0 Å². The molecule has 0 aliphatic carbocycles. The van der Waals surface area contributed by atoms with Crippen molar-refractivity contribution < 1.29 is 14.6 Å². The van der Waals surface area contributed by atoms with E-state index < -0.39 is 20.7 Å². The molecule has 1 saturated heterocycles. The lowest BCUT2D eigenvalue weighted by Crippen LogP contribution is -2.12. The van der Waals surface area contributed by atoms with Crippen molar-refractivity contribution >= 4 is 11.6 Å². The highest BCUT2D eigenvalue weighted by Crippen LogP contribution is 2.14. The monoisotopic (exact) mass is 235 g/mol. The normalized spacial score (nSPS) is 19.1. The minimum atomic E-state index is -0.930. The molecule has 15 heavy (non-hydrogen) atoms. The molecule has 0 spiro atoms. The fraction of sp³-hybridized carbons (Fsp3) is 0.333. The number of nitrogens with zero attached hydrogens (tertiary/aromatic N) is 2. The molecule has 0 bridgehead atoms. The molecule has 0 saturated carbocycles. The van der Waals surface area contributed by atoms with Gasteiger partial charge in [0, 0.05) is 0 Å². The van der Waals surface area contributed by atoms with Gasteiger partial charge < -0.3 is 10.1 Å². The Morgan fingerprint density at radius 1 is 1.47 bits per heavy atom. The van der Waals surface area contributed by atoms with Crippen LogP contribution in [0.1, 0.15) is 0 Å². The van der Waals surface area contributed by atoms with Crippen LogP contribution in [0, 0.1) is 20.2 Å². The molecule has 0 aromatic rings. The van der Waals surface area contributed by atoms with Crippen molar-refractivity contribution in [3.8, 4) is 0 Å². The van der Waals surface area contributed by atoms with Crippen LogP contribution in [-0.2, 0) is 4.74 Å². The highest BCUT2D eigenvalue weighted by atomic mass is 35.5. The van der Waals surface area contributed by atoms with Gasteiger partial charge in [0.15, 0.2) is 0 Å². The van der Waals surface area contributed by atoms with Crippen molar-refractivity contribution in [2.24, 2.45) is 0 Å². The summed E-state index contributed by atoms with van der Waals surface area (Å²) in [7, 11) is 0. The van der Waals surface area contributed by atoms with Gasteiger partial charge in [0.25, 0.3) is 5.88 Å². The second kappa shape index (κ2) is 4.60. The molecule has 9 heteroatoms. The maximum absolute atomic E-state index is 10.5. The highest BCUT2D eigenvalue weighted by molar-refractivity contribution is 6.28. The van der Waals surface area contributed by atoms with Crippen LogP contribution < -0.4 is 5.32 Å². The Hall–Kier alpha value is -1.83. The van der Waals surface area contributed by atoms with Crippen molar-refractivity contribution in [3.05, 3.63) is 43.0 Å². The van der Waals surface area contributed by atoms with E-state index in [2.05, 4.69) is 5.32 Å². The molecule has 0 aromatic heterocycles. The van der Waals surface area contributed by atoms with E-state index in [-0.39, 0.29) is 12.5 Å². The summed E-state index contributed by atoms with van der Waals surface area (Å²) in [6.07, 6.45) is 0.634. The Morgan fingerprint density at radius 2 is 2.13 bits per heavy atom. The van der Waals surface area contributed by atoms with Gasteiger partial charge in [0.1, 0.15) is 12.7 Å². The van der Waals surface area contributed by atoms with E-state index in [4.69, 9.17) is 16.3 Å². The number of hydrogen-bond acceptors (Lipinski definition) is 6. The Morgan fingerprint density at radius 3 is 2.53 bits per heavy atom. The van der Waals surface area contributed by atoms with Gasteiger partial charge >= 0.3 is 10.9 Å². The zero-order valence-electron chi connectivity index (χ0n) is 7.31. The number of allylic oxidation sites excluding steroid dienone is 1. The molecular formula is C6H6ClN3O5. The number of hydrogen-bond donors (Lipinski definition) is 1. The van der Waals surface area contributed by atoms with Crippen molar-refractivity contribution in [2.45, 2.75) is 0 Å². The van der Waals surface area contributed by atoms with E-state index in [1.54, 1.807) is 0 Å². The Bertz CT molecular complexity index is 356. The summed E-state index contributed by atoms with van der Waals surface area (Å²) < 4.78 is 4.86. The zero-order valence-corrected chi connectivity index (χ0v) is 8.06. The van der Waals surface area contributed by atoms with Crippen molar-refractivity contribution in [1.29, 1.82) is 0 Å². The van der Waals surface area contributed by atoms with Crippen LogP contribution in [0.2, 0.25) is 0 Å². The van der Waals surface area contributed by atoms with Gasteiger partial charge in [0.2, 0.25) is 0 Å². The molecule has 1 N–H and O–H groups in total. The lowest BCUT2D eigenvalue weighted by atomic mass is 10.4. The minimum Gasteiger partial charge on any atom is -0.472 e. The summed E-state index contributed by atoms with van der Waals surface area (Å²) in [6.45, 7) is 0.688. The SMILES string of the molecule is O=[N+]([O-])/C(Cl)=C/C(=C1/NCCO1)[N+](=O)[O-]. The zero-order chi connectivity index (χ0) is 11.4. The van der Waals surface area contributed by atoms with Gasteiger partial charge in [0.05, 0.1) is 16.4 Å². The van der Waals surface area contributed by atoms with Crippen molar-refractivity contribution in [3.63, 3.8) is 0 Å². The first-order valence-electron chi connectivity index (χ1n) is 3.79. The molecule has 1 rings (SSSR count). The van der Waals surface area contributed by atoms with Gasteiger partial charge in [-0.15, -0.1) is 0 Å². The van der Waals surface area contributed by atoms with Crippen LogP contribution >= 0.6 is 11.6 Å². The second-order valence-electron chi connectivity index (χ2n) is 2.47. The molecule has 0 aromatic carbocycles. The predicted octanol–water partition coefficient (Wildman–Crippen LogP) is 0.409. The van der Waals surface area contributed by atoms with Crippen LogP contribution in [0.15, 0.2) is 22.8 Å². The van der Waals surface area contributed by atoms with Gasteiger partial charge in [-0.05, 0) is 11.6 Å². The van der Waals surface area contributed by atoms with Crippen molar-refractivity contribution in [1.82, 2.24) is 5.32 Å². The smallest absolute Gasteiger partial charge is 0.344 e. The van der Waals surface area contributed by atoms with Gasteiger partial charge in [-0.3, -0.25) is 20.2 Å². The lowest BCUT2D eigenvalue weighted by Gasteiger charge is -1.97. The number of nitro groups is 2. The Labute approximate surface area is 88.5 Å². The highest BCUT2D eigenvalue weighted by Gasteiger charge is 2.24. The van der Waals surface area contributed by atoms with Crippen LogP contribution in [0.25, 0.3) is 0 Å². The minimum absolute atomic E-state index is 0.111. The Balaban J connectivity index is 3.04. The van der Waals surface area contributed by atoms with Gasteiger partial charge in [-0.2, -0.15) is 0 Å². The molecule has 1 heterocycles. The van der Waals surface area contributed by atoms with E-state index in [9.17, 15) is 20.2 Å². The first-order valence-corrected chi connectivity index (χ1v) is 4.17. The largest absolute Gasteiger partial charge is 0.472 e. The molecule has 1 fully saturated rings. The van der Waals surface area contributed by atoms with Crippen LogP contribution in [0.3, 0.4) is 0 Å². The molecule has 1 aliphatic heterocycles. The number of rotatable bonds is 3. The van der Waals surface area contributed by atoms with E-state index >= 15 is 0 Å². The van der Waals surface area contributed by atoms with E-state index in [1.807, 2.05) is 0 Å². The van der Waals surface area contributed by atoms with Gasteiger partial charge in [-0.1, -0.05) is 0 Å². The summed E-state index contributed by atoms with van der Waals surface area (Å²) in [4.78, 5) is 19.0. The number of nitrogens with one attached hydrogen (secondary N) is 1.